The molecule has 0 spiro atoms. The second-order valence-electron chi connectivity index (χ2n) is 9.35. The summed E-state index contributed by atoms with van der Waals surface area (Å²) in [5.41, 5.74) is 0.846. The van der Waals surface area contributed by atoms with Crippen LogP contribution in [0.25, 0.3) is 0 Å². The van der Waals surface area contributed by atoms with Crippen LogP contribution in [-0.4, -0.2) is 38.3 Å². The Morgan fingerprint density at radius 2 is 1.43 bits per heavy atom. The third-order valence-electron chi connectivity index (χ3n) is 5.93. The molecule has 0 fully saturated rings. The zero-order valence-corrected chi connectivity index (χ0v) is 22.5. The Balaban J connectivity index is 2.15. The molecule has 1 amide bonds. The van der Waals surface area contributed by atoms with Crippen molar-refractivity contribution < 1.29 is 29.1 Å². The molecule has 35 heavy (non-hydrogen) atoms. The summed E-state index contributed by atoms with van der Waals surface area (Å²) in [5, 5.41) is 12.3. The molecular formula is C27H48NO6P. The number of nitrogens with one attached hydrogen (secondary N) is 1. The van der Waals surface area contributed by atoms with Gasteiger partial charge in [-0.1, -0.05) is 51.2 Å². The van der Waals surface area contributed by atoms with E-state index in [9.17, 15) is 9.90 Å². The summed E-state index contributed by atoms with van der Waals surface area (Å²) in [5.74, 6) is 0.0124. The Hall–Kier alpha value is -1.50. The van der Waals surface area contributed by atoms with Gasteiger partial charge in [-0.3, -0.25) is 0 Å². The van der Waals surface area contributed by atoms with Crippen molar-refractivity contribution in [1.29, 1.82) is 0 Å². The van der Waals surface area contributed by atoms with Crippen molar-refractivity contribution in [3.05, 3.63) is 42.0 Å². The van der Waals surface area contributed by atoms with Gasteiger partial charge in [0.05, 0.1) is 0 Å². The first-order chi connectivity index (χ1) is 16.8. The summed E-state index contributed by atoms with van der Waals surface area (Å²) in [7, 11) is -4.66. The summed E-state index contributed by atoms with van der Waals surface area (Å²) in [4.78, 5) is 39.8. The Bertz CT molecular complexity index is 690. The minimum absolute atomic E-state index is 0.129. The molecule has 0 saturated carbocycles. The van der Waals surface area contributed by atoms with E-state index >= 15 is 0 Å². The average Bonchev–Trinajstić information content (AvgIpc) is 2.81. The fourth-order valence-electron chi connectivity index (χ4n) is 3.94. The van der Waals surface area contributed by atoms with Crippen LogP contribution in [0.2, 0.25) is 0 Å². The van der Waals surface area contributed by atoms with Crippen molar-refractivity contribution in [3.63, 3.8) is 0 Å². The monoisotopic (exact) mass is 513 g/mol. The molecule has 5 N–H and O–H groups in total. The van der Waals surface area contributed by atoms with Gasteiger partial charge in [-0.15, -0.1) is 0 Å². The van der Waals surface area contributed by atoms with E-state index in [1.54, 1.807) is 24.3 Å². The molecule has 0 aliphatic rings. The van der Waals surface area contributed by atoms with E-state index in [0.717, 1.165) is 37.7 Å². The minimum atomic E-state index is -4.66. The number of rotatable bonds is 21. The normalized spacial score (nSPS) is 13.3. The van der Waals surface area contributed by atoms with Gasteiger partial charge < -0.3 is 0 Å². The predicted molar refractivity (Wildman–Crippen MR) is 144 cm³/mol. The molecule has 0 heterocycles. The first-order valence-electron chi connectivity index (χ1n) is 13.3. The third-order valence-corrected chi connectivity index (χ3v) is 6.48. The molecule has 0 radical (unpaired) electrons. The van der Waals surface area contributed by atoms with Crippen LogP contribution in [0.3, 0.4) is 0 Å². The second-order valence-corrected chi connectivity index (χ2v) is 10.8. The number of amides is 1. The van der Waals surface area contributed by atoms with Gasteiger partial charge in [-0.05, 0) is 12.8 Å². The molecule has 1 atom stereocenters. The van der Waals surface area contributed by atoms with Gasteiger partial charge >= 0.3 is 148 Å². The Labute approximate surface area is 212 Å². The molecule has 1 rings (SSSR count). The number of carbonyl (C=O) groups excluding carboxylic acids is 1. The number of phenols is 1. The van der Waals surface area contributed by atoms with Crippen LogP contribution in [0.15, 0.2) is 36.4 Å². The van der Waals surface area contributed by atoms with Crippen LogP contribution in [-0.2, 0) is 15.7 Å². The Morgan fingerprint density at radius 1 is 0.886 bits per heavy atom. The Kier molecular flexibility index (Phi) is 17.7. The van der Waals surface area contributed by atoms with Crippen LogP contribution in [0, 0.1) is 0 Å². The number of aromatic hydroxyl groups is 1. The summed E-state index contributed by atoms with van der Waals surface area (Å²) in [6, 6.07) is 6.01. The number of phenolic OH excluding ortho intramolecular Hbond substituents is 1. The summed E-state index contributed by atoms with van der Waals surface area (Å²) in [6.45, 7) is 2.03. The predicted octanol–water partition coefficient (Wildman–Crippen LogP) is 5.86. The van der Waals surface area contributed by atoms with Gasteiger partial charge in [0.15, 0.2) is 0 Å². The van der Waals surface area contributed by atoms with Crippen molar-refractivity contribution in [1.82, 2.24) is 5.32 Å². The zero-order chi connectivity index (χ0) is 25.8. The molecule has 0 aliphatic heterocycles. The molecule has 8 heteroatoms. The molecule has 202 valence electrons. The molecule has 0 unspecified atom stereocenters. The number of hydrogen-bond acceptors (Lipinski definition) is 6. The molecule has 0 saturated heterocycles. The van der Waals surface area contributed by atoms with Crippen LogP contribution in [0.4, 0.5) is 0 Å². The van der Waals surface area contributed by atoms with Crippen LogP contribution >= 0.6 is 8.17 Å². The molecular weight excluding hydrogens is 465 g/mol. The van der Waals surface area contributed by atoms with Crippen molar-refractivity contribution in [2.75, 3.05) is 6.61 Å². The molecule has 0 aliphatic carbocycles. The molecule has 1 aromatic carbocycles. The van der Waals surface area contributed by atoms with Gasteiger partial charge in [-0.2, -0.15) is 0 Å². The maximum atomic E-state index is 12.4. The van der Waals surface area contributed by atoms with E-state index in [2.05, 4.69) is 24.4 Å². The fraction of sp³-hybridized carbons (Fsp3) is 0.667. The number of hydrogen-bond donors (Lipinski definition) is 5. The van der Waals surface area contributed by atoms with E-state index in [1.165, 1.54) is 51.4 Å². The van der Waals surface area contributed by atoms with Crippen molar-refractivity contribution in [3.8, 4) is 5.75 Å². The average molecular weight is 514 g/mol. The quantitative estimate of drug-likeness (QED) is 0.0798. The molecule has 0 bridgehead atoms. The van der Waals surface area contributed by atoms with E-state index in [-0.39, 0.29) is 18.3 Å². The van der Waals surface area contributed by atoms with Crippen molar-refractivity contribution in [2.45, 2.75) is 109 Å². The summed E-state index contributed by atoms with van der Waals surface area (Å²) < 4.78 is 4.76. The number of carbonyl (C=O) groups is 1. The first-order valence-corrected chi connectivity index (χ1v) is 15.1. The number of allylic oxidation sites excluding steroid dienone is 2. The van der Waals surface area contributed by atoms with Gasteiger partial charge in [0.1, 0.15) is 0 Å². The third kappa shape index (κ3) is 19.4. The topological polar surface area (TPSA) is 119 Å². The SMILES string of the molecule is CCCCCCCC/C=C\CCCCCCCC(=O)N[C@H](CO[PH](O)(O)O)Cc1ccc(O)cc1. The first kappa shape index (κ1) is 31.5. The maximum absolute atomic E-state index is 12.4. The number of unbranched alkanes of at least 4 members (excludes halogenated alkanes) is 11. The van der Waals surface area contributed by atoms with Gasteiger partial charge in [0.25, 0.3) is 0 Å². The van der Waals surface area contributed by atoms with Crippen LogP contribution in [0.5, 0.6) is 5.75 Å². The van der Waals surface area contributed by atoms with Gasteiger partial charge in [0.2, 0.25) is 0 Å². The van der Waals surface area contributed by atoms with E-state index < -0.39 is 14.2 Å². The van der Waals surface area contributed by atoms with Crippen molar-refractivity contribution >= 4 is 14.1 Å². The molecule has 1 aromatic rings. The van der Waals surface area contributed by atoms with Crippen LogP contribution < -0.4 is 5.32 Å². The zero-order valence-electron chi connectivity index (χ0n) is 21.5. The summed E-state index contributed by atoms with van der Waals surface area (Å²) >= 11 is 0. The van der Waals surface area contributed by atoms with E-state index in [0.29, 0.717) is 12.8 Å². The van der Waals surface area contributed by atoms with Crippen molar-refractivity contribution in [2.24, 2.45) is 0 Å². The van der Waals surface area contributed by atoms with Crippen LogP contribution in [0.1, 0.15) is 102 Å². The van der Waals surface area contributed by atoms with Gasteiger partial charge in [0, 0.05) is 0 Å². The fourth-order valence-corrected chi connectivity index (χ4v) is 4.36. The molecule has 0 aromatic heterocycles. The number of benzene rings is 1. The second kappa shape index (κ2) is 19.7. The molecule has 7 nitrogen and oxygen atoms in total. The van der Waals surface area contributed by atoms with E-state index in [4.69, 9.17) is 19.2 Å². The van der Waals surface area contributed by atoms with Gasteiger partial charge in [-0.25, -0.2) is 0 Å². The Morgan fingerprint density at radius 3 is 2.00 bits per heavy atom. The standard InChI is InChI=1S/C27H48NO6P/c1-2-3-4-5-6-7-8-9-10-11-12-13-14-15-16-17-27(30)28-25(23-34-35(31,32)33)22-24-18-20-26(29)21-19-24/h9-10,18-21,25,29,31-33,35H,2-8,11-17,22-23H2,1H3,(H,28,30)/b10-9-/t25-/m0/s1. The van der Waals surface area contributed by atoms with E-state index in [1.807, 2.05) is 0 Å². The summed E-state index contributed by atoms with van der Waals surface area (Å²) in [6.07, 6.45) is 21.0.